The van der Waals surface area contributed by atoms with E-state index in [4.69, 9.17) is 21.6 Å². The van der Waals surface area contributed by atoms with Gasteiger partial charge in [-0.25, -0.2) is 4.98 Å². The average molecular weight is 183 g/mol. The van der Waals surface area contributed by atoms with Gasteiger partial charge in [0.15, 0.2) is 0 Å². The first kappa shape index (κ1) is 8.82. The number of aryl methyl sites for hydroxylation is 1. The van der Waals surface area contributed by atoms with Crippen molar-refractivity contribution in [3.63, 3.8) is 0 Å². The molecule has 0 spiro atoms. The molecule has 0 saturated carbocycles. The highest BCUT2D eigenvalue weighted by molar-refractivity contribution is 6.33. The van der Waals surface area contributed by atoms with Crippen molar-refractivity contribution in [3.8, 4) is 11.9 Å². The quantitative estimate of drug-likeness (QED) is 0.667. The molecule has 62 valence electrons. The van der Waals surface area contributed by atoms with Crippen LogP contribution in [0.1, 0.15) is 11.3 Å². The standard InChI is InChI=1S/C8H7ClN2O/c1-5-3-6(4-10)7(9)8(11-5)12-2/h3H,1-2H3. The largest absolute Gasteiger partial charge is 0.480 e. The summed E-state index contributed by atoms with van der Waals surface area (Å²) in [5, 5.41) is 8.91. The molecule has 1 heterocycles. The number of hydrogen-bond acceptors (Lipinski definition) is 3. The maximum atomic E-state index is 8.65. The molecule has 1 aromatic heterocycles. The van der Waals surface area contributed by atoms with Crippen molar-refractivity contribution in [2.75, 3.05) is 7.11 Å². The monoisotopic (exact) mass is 182 g/mol. The Hall–Kier alpha value is -1.27. The molecule has 0 radical (unpaired) electrons. The molecule has 1 rings (SSSR count). The minimum atomic E-state index is 0.269. The molecule has 0 bridgehead atoms. The lowest BCUT2D eigenvalue weighted by Crippen LogP contribution is -1.93. The van der Waals surface area contributed by atoms with E-state index in [9.17, 15) is 0 Å². The summed E-state index contributed by atoms with van der Waals surface area (Å²) in [6.45, 7) is 1.78. The fourth-order valence-electron chi connectivity index (χ4n) is 0.846. The Morgan fingerprint density at radius 1 is 1.67 bits per heavy atom. The Kier molecular flexibility index (Phi) is 2.51. The van der Waals surface area contributed by atoms with Gasteiger partial charge in [0.1, 0.15) is 11.1 Å². The van der Waals surface area contributed by atoms with E-state index in [0.29, 0.717) is 17.1 Å². The van der Waals surface area contributed by atoms with E-state index in [0.717, 1.165) is 0 Å². The molecule has 3 nitrogen and oxygen atoms in total. The summed E-state index contributed by atoms with van der Waals surface area (Å²) in [7, 11) is 1.47. The number of nitriles is 1. The molecule has 0 aliphatic carbocycles. The molecule has 4 heteroatoms. The molecule has 0 aromatic carbocycles. The van der Waals surface area contributed by atoms with Crippen LogP contribution in [0, 0.1) is 18.3 Å². The number of halogens is 1. The highest BCUT2D eigenvalue weighted by atomic mass is 35.5. The Morgan fingerprint density at radius 3 is 2.83 bits per heavy atom. The van der Waals surface area contributed by atoms with Crippen molar-refractivity contribution in [1.29, 1.82) is 5.26 Å². The number of methoxy groups -OCH3 is 1. The van der Waals surface area contributed by atoms with E-state index in [2.05, 4.69) is 4.98 Å². The second-order valence-corrected chi connectivity index (χ2v) is 2.62. The van der Waals surface area contributed by atoms with Crippen molar-refractivity contribution < 1.29 is 4.74 Å². The van der Waals surface area contributed by atoms with Crippen molar-refractivity contribution >= 4 is 11.6 Å². The second-order valence-electron chi connectivity index (χ2n) is 2.25. The lowest BCUT2D eigenvalue weighted by atomic mass is 10.2. The van der Waals surface area contributed by atoms with Crippen LogP contribution < -0.4 is 4.74 Å². The average Bonchev–Trinajstić information content (AvgIpc) is 2.08. The minimum absolute atomic E-state index is 0.269. The molecule has 0 amide bonds. The molecule has 0 aliphatic heterocycles. The number of nitrogens with zero attached hydrogens (tertiary/aromatic N) is 2. The van der Waals surface area contributed by atoms with Crippen molar-refractivity contribution in [3.05, 3.63) is 22.3 Å². The first-order chi connectivity index (χ1) is 5.69. The molecule has 0 aliphatic rings. The summed E-state index contributed by atoms with van der Waals surface area (Å²) in [6, 6.07) is 3.57. The van der Waals surface area contributed by atoms with Crippen LogP contribution in [0.25, 0.3) is 0 Å². The van der Waals surface area contributed by atoms with Gasteiger partial charge in [-0.05, 0) is 13.0 Å². The minimum Gasteiger partial charge on any atom is -0.480 e. The zero-order chi connectivity index (χ0) is 9.14. The van der Waals surface area contributed by atoms with Gasteiger partial charge >= 0.3 is 0 Å². The number of aromatic nitrogens is 1. The summed E-state index contributed by atoms with van der Waals surface area (Å²) in [5.74, 6) is 0.299. The summed E-state index contributed by atoms with van der Waals surface area (Å²) >= 11 is 5.77. The molecule has 0 atom stereocenters. The van der Waals surface area contributed by atoms with E-state index >= 15 is 0 Å². The van der Waals surface area contributed by atoms with Gasteiger partial charge in [-0.15, -0.1) is 0 Å². The lowest BCUT2D eigenvalue weighted by molar-refractivity contribution is 0.397. The number of pyridine rings is 1. The predicted molar refractivity (Wildman–Crippen MR) is 45.3 cm³/mol. The molecular weight excluding hydrogens is 176 g/mol. The smallest absolute Gasteiger partial charge is 0.233 e. The summed E-state index contributed by atoms with van der Waals surface area (Å²) in [6.07, 6.45) is 0. The van der Waals surface area contributed by atoms with Crippen molar-refractivity contribution in [1.82, 2.24) is 4.98 Å². The van der Waals surface area contributed by atoms with E-state index in [1.165, 1.54) is 7.11 Å². The SMILES string of the molecule is COc1nc(C)cc(C#N)c1Cl. The van der Waals surface area contributed by atoms with Gasteiger partial charge in [-0.3, -0.25) is 0 Å². The maximum Gasteiger partial charge on any atom is 0.233 e. The van der Waals surface area contributed by atoms with E-state index in [-0.39, 0.29) is 5.02 Å². The Balaban J connectivity index is 3.34. The molecule has 1 aromatic rings. The van der Waals surface area contributed by atoms with Crippen LogP contribution in [0.15, 0.2) is 6.07 Å². The Morgan fingerprint density at radius 2 is 2.33 bits per heavy atom. The zero-order valence-corrected chi connectivity index (χ0v) is 7.51. The number of ether oxygens (including phenoxy) is 1. The third-order valence-electron chi connectivity index (χ3n) is 1.37. The van der Waals surface area contributed by atoms with Crippen LogP contribution >= 0.6 is 11.6 Å². The molecule has 0 fully saturated rings. The van der Waals surface area contributed by atoms with Gasteiger partial charge in [0.2, 0.25) is 5.88 Å². The van der Waals surface area contributed by atoms with Crippen molar-refractivity contribution in [2.45, 2.75) is 6.92 Å². The fraction of sp³-hybridized carbons (Fsp3) is 0.250. The highest BCUT2D eigenvalue weighted by Crippen LogP contribution is 2.25. The second kappa shape index (κ2) is 3.42. The highest BCUT2D eigenvalue weighted by Gasteiger charge is 2.08. The van der Waals surface area contributed by atoms with E-state index in [1.54, 1.807) is 13.0 Å². The molecule has 12 heavy (non-hydrogen) atoms. The predicted octanol–water partition coefficient (Wildman–Crippen LogP) is 1.92. The normalized spacial score (nSPS) is 9.17. The zero-order valence-electron chi connectivity index (χ0n) is 6.76. The summed E-state index contributed by atoms with van der Waals surface area (Å²) in [4.78, 5) is 3.99. The summed E-state index contributed by atoms with van der Waals surface area (Å²) in [5.41, 5.74) is 1.11. The molecule has 0 N–H and O–H groups in total. The van der Waals surface area contributed by atoms with Crippen LogP contribution in [0.3, 0.4) is 0 Å². The Bertz CT molecular complexity index is 344. The number of rotatable bonds is 1. The van der Waals surface area contributed by atoms with Crippen LogP contribution in [0.4, 0.5) is 0 Å². The number of hydrogen-bond donors (Lipinski definition) is 0. The third-order valence-corrected chi connectivity index (χ3v) is 1.73. The van der Waals surface area contributed by atoms with Crippen LogP contribution in [0.5, 0.6) is 5.88 Å². The van der Waals surface area contributed by atoms with Gasteiger partial charge in [0.05, 0.1) is 12.7 Å². The lowest BCUT2D eigenvalue weighted by Gasteiger charge is -2.03. The molecule has 0 saturated heterocycles. The van der Waals surface area contributed by atoms with E-state index < -0.39 is 0 Å². The van der Waals surface area contributed by atoms with Gasteiger partial charge in [0, 0.05) is 5.69 Å². The van der Waals surface area contributed by atoms with Crippen molar-refractivity contribution in [2.24, 2.45) is 0 Å². The molecule has 0 unspecified atom stereocenters. The molecular formula is C8H7ClN2O. The van der Waals surface area contributed by atoms with E-state index in [1.807, 2.05) is 6.07 Å². The first-order valence-corrected chi connectivity index (χ1v) is 3.68. The van der Waals surface area contributed by atoms with Gasteiger partial charge < -0.3 is 4.74 Å². The van der Waals surface area contributed by atoms with Crippen LogP contribution in [-0.4, -0.2) is 12.1 Å². The first-order valence-electron chi connectivity index (χ1n) is 3.30. The Labute approximate surface area is 75.6 Å². The van der Waals surface area contributed by atoms with Gasteiger partial charge in [-0.2, -0.15) is 5.26 Å². The summed E-state index contributed by atoms with van der Waals surface area (Å²) < 4.78 is 4.87. The third kappa shape index (κ3) is 1.49. The fourth-order valence-corrected chi connectivity index (χ4v) is 1.06. The maximum absolute atomic E-state index is 8.65. The van der Waals surface area contributed by atoms with Gasteiger partial charge in [-0.1, -0.05) is 11.6 Å². The van der Waals surface area contributed by atoms with Crippen LogP contribution in [0.2, 0.25) is 5.02 Å². The topological polar surface area (TPSA) is 45.9 Å². The van der Waals surface area contributed by atoms with Gasteiger partial charge in [0.25, 0.3) is 0 Å². The van der Waals surface area contributed by atoms with Crippen LogP contribution in [-0.2, 0) is 0 Å².